The first-order valence-electron chi connectivity index (χ1n) is 15.6. The van der Waals surface area contributed by atoms with Crippen LogP contribution in [0.3, 0.4) is 0 Å². The first-order valence-corrected chi connectivity index (χ1v) is 15.6. The monoisotopic (exact) mass is 684 g/mol. The smallest absolute Gasteiger partial charge is 0.340 e. The third kappa shape index (κ3) is 5.47. The number of carboxylic acid groups (broad SMARTS) is 1. The maximum absolute atomic E-state index is 12.5. The van der Waals surface area contributed by atoms with Crippen molar-refractivity contribution in [1.82, 2.24) is 10.6 Å². The molecule has 3 heterocycles. The van der Waals surface area contributed by atoms with Crippen LogP contribution in [0.1, 0.15) is 28.7 Å². The number of methoxy groups -OCH3 is 2. The number of aromatic hydroxyl groups is 1. The largest absolute Gasteiger partial charge is 0.508 e. The molecule has 15 nitrogen and oxygen atoms in total. The third-order valence-corrected chi connectivity index (χ3v) is 9.32. The van der Waals surface area contributed by atoms with Gasteiger partial charge in [-0.3, -0.25) is 0 Å². The standard InChI is InChI=1S/C34H40N2O13/c1-35-12-17-9-23(44-3)28(45-4)29-24(17)21-13-46-22-11-19(10-20(25(22)27(21)47-29)16-6-5-7-18(38)8-16)48-34(15-37)31(41)26(39)30(40)33(49-34,14-36-2)32(42)43/h5-11,21,26-27,30-31,35-41H,12-15H2,1-4H3,(H,42,43). The molecule has 0 spiro atoms. The highest BCUT2D eigenvalue weighted by Crippen LogP contribution is 2.59. The van der Waals surface area contributed by atoms with Gasteiger partial charge in [0.25, 0.3) is 5.79 Å². The Kier molecular flexibility index (Phi) is 9.27. The second-order valence-electron chi connectivity index (χ2n) is 12.2. The van der Waals surface area contributed by atoms with E-state index in [1.165, 1.54) is 32.4 Å². The van der Waals surface area contributed by atoms with Gasteiger partial charge in [0.15, 0.2) is 17.6 Å². The van der Waals surface area contributed by atoms with Gasteiger partial charge in [-0.2, -0.15) is 0 Å². The molecule has 0 aliphatic carbocycles. The maximum Gasteiger partial charge on any atom is 0.340 e. The summed E-state index contributed by atoms with van der Waals surface area (Å²) in [4.78, 5) is 12.5. The zero-order chi connectivity index (χ0) is 35.2. The first-order chi connectivity index (χ1) is 23.5. The summed E-state index contributed by atoms with van der Waals surface area (Å²) in [5.74, 6) is -2.89. The molecule has 49 heavy (non-hydrogen) atoms. The number of aliphatic carboxylic acids is 1. The topological polar surface area (TPSA) is 218 Å². The number of carbonyl (C=O) groups is 1. The van der Waals surface area contributed by atoms with E-state index in [-0.39, 0.29) is 24.0 Å². The van der Waals surface area contributed by atoms with Crippen molar-refractivity contribution in [2.45, 2.75) is 48.3 Å². The average Bonchev–Trinajstić information content (AvgIpc) is 3.49. The van der Waals surface area contributed by atoms with Crippen molar-refractivity contribution in [2.24, 2.45) is 0 Å². The highest BCUT2D eigenvalue weighted by Gasteiger charge is 2.65. The highest BCUT2D eigenvalue weighted by molar-refractivity contribution is 5.79. The zero-order valence-corrected chi connectivity index (χ0v) is 27.3. The summed E-state index contributed by atoms with van der Waals surface area (Å²) in [6.45, 7) is -0.953. The van der Waals surface area contributed by atoms with Crippen molar-refractivity contribution < 1.29 is 63.9 Å². The molecule has 7 unspecified atom stereocenters. The van der Waals surface area contributed by atoms with Crippen LogP contribution in [0.25, 0.3) is 11.1 Å². The summed E-state index contributed by atoms with van der Waals surface area (Å²) in [7, 11) is 6.31. The molecular formula is C34H40N2O13. The Bertz CT molecular complexity index is 1740. The summed E-state index contributed by atoms with van der Waals surface area (Å²) in [5.41, 5.74) is 0.882. The van der Waals surface area contributed by atoms with Gasteiger partial charge in [0.1, 0.15) is 42.2 Å². The lowest BCUT2D eigenvalue weighted by atomic mass is 9.82. The Labute approximate surface area is 281 Å². The van der Waals surface area contributed by atoms with Crippen LogP contribution < -0.4 is 34.3 Å². The minimum Gasteiger partial charge on any atom is -0.508 e. The third-order valence-electron chi connectivity index (χ3n) is 9.32. The Morgan fingerprint density at radius 1 is 1.02 bits per heavy atom. The number of rotatable bonds is 11. The van der Waals surface area contributed by atoms with Crippen LogP contribution in [0, 0.1) is 0 Å². The fourth-order valence-electron chi connectivity index (χ4n) is 7.07. The number of benzene rings is 3. The number of nitrogens with one attached hydrogen (secondary N) is 2. The van der Waals surface area contributed by atoms with Gasteiger partial charge in [-0.15, -0.1) is 0 Å². The minimum absolute atomic E-state index is 0.0301. The van der Waals surface area contributed by atoms with Crippen LogP contribution in [0.2, 0.25) is 0 Å². The van der Waals surface area contributed by atoms with E-state index < -0.39 is 54.9 Å². The molecule has 0 saturated carbocycles. The lowest BCUT2D eigenvalue weighted by molar-refractivity contribution is -0.366. The molecule has 0 radical (unpaired) electrons. The Balaban J connectivity index is 1.50. The summed E-state index contributed by atoms with van der Waals surface area (Å²) in [6.07, 6.45) is -6.89. The molecule has 1 saturated heterocycles. The minimum atomic E-state index is -2.55. The molecule has 7 atom stereocenters. The molecule has 1 fully saturated rings. The summed E-state index contributed by atoms with van der Waals surface area (Å²) in [5, 5.41) is 69.6. The van der Waals surface area contributed by atoms with E-state index in [9.17, 15) is 35.4 Å². The number of ether oxygens (including phenoxy) is 6. The van der Waals surface area contributed by atoms with Crippen LogP contribution >= 0.6 is 0 Å². The Morgan fingerprint density at radius 3 is 2.43 bits per heavy atom. The molecule has 15 heteroatoms. The van der Waals surface area contributed by atoms with E-state index in [2.05, 4.69) is 10.6 Å². The van der Waals surface area contributed by atoms with Gasteiger partial charge in [0.05, 0.1) is 26.7 Å². The Morgan fingerprint density at radius 2 is 1.80 bits per heavy atom. The molecular weight excluding hydrogens is 644 g/mol. The number of phenolic OH excluding ortho intramolecular Hbond substituents is 1. The second kappa shape index (κ2) is 13.2. The molecule has 3 aromatic rings. The number of carboxylic acids is 1. The van der Waals surface area contributed by atoms with Crippen molar-refractivity contribution in [1.29, 1.82) is 0 Å². The zero-order valence-electron chi connectivity index (χ0n) is 27.3. The van der Waals surface area contributed by atoms with E-state index in [4.69, 9.17) is 28.4 Å². The maximum atomic E-state index is 12.5. The number of aliphatic hydroxyl groups is 4. The number of likely N-dealkylation sites (N-methyl/N-ethyl adjacent to an activating group) is 1. The number of hydrogen-bond acceptors (Lipinski definition) is 14. The van der Waals surface area contributed by atoms with Gasteiger partial charge in [0, 0.05) is 30.3 Å². The lowest BCUT2D eigenvalue weighted by Crippen LogP contribution is -2.76. The van der Waals surface area contributed by atoms with Crippen LogP contribution in [-0.2, 0) is 16.1 Å². The number of phenols is 1. The molecule has 0 aromatic heterocycles. The number of hydrogen-bond donors (Lipinski definition) is 8. The van der Waals surface area contributed by atoms with Gasteiger partial charge in [-0.05, 0) is 55.1 Å². The van der Waals surface area contributed by atoms with E-state index >= 15 is 0 Å². The van der Waals surface area contributed by atoms with Crippen LogP contribution in [-0.4, -0.2) is 114 Å². The molecule has 3 aliphatic heterocycles. The predicted molar refractivity (Wildman–Crippen MR) is 171 cm³/mol. The van der Waals surface area contributed by atoms with E-state index in [0.717, 1.165) is 11.1 Å². The SMILES string of the molecule is CNCc1cc(OC)c(OC)c2c1C1COc3cc(OC4(CO)OC(CNC)(C(=O)O)C(O)C(O)C4O)cc(-c4cccc(O)c4)c3C1O2. The highest BCUT2D eigenvalue weighted by atomic mass is 16.7. The van der Waals surface area contributed by atoms with Crippen LogP contribution in [0.5, 0.6) is 34.5 Å². The molecule has 3 aliphatic rings. The van der Waals surface area contributed by atoms with Gasteiger partial charge in [-0.1, -0.05) is 12.1 Å². The molecule has 0 bridgehead atoms. The molecule has 8 N–H and O–H groups in total. The molecule has 3 aromatic carbocycles. The Hall–Kier alpha value is -4.35. The van der Waals surface area contributed by atoms with E-state index in [1.807, 2.05) is 13.1 Å². The van der Waals surface area contributed by atoms with Crippen molar-refractivity contribution in [3.8, 4) is 45.6 Å². The molecule has 264 valence electrons. The summed E-state index contributed by atoms with van der Waals surface area (Å²) >= 11 is 0. The quantitative estimate of drug-likeness (QED) is 0.139. The van der Waals surface area contributed by atoms with Crippen molar-refractivity contribution >= 4 is 5.97 Å². The van der Waals surface area contributed by atoms with Gasteiger partial charge >= 0.3 is 5.97 Å². The van der Waals surface area contributed by atoms with Crippen molar-refractivity contribution in [2.75, 3.05) is 48.1 Å². The molecule has 6 rings (SSSR count). The number of aliphatic hydroxyl groups excluding tert-OH is 4. The fraction of sp³-hybridized carbons (Fsp3) is 0.441. The number of fused-ring (bicyclic) bond motifs is 5. The van der Waals surface area contributed by atoms with Crippen molar-refractivity contribution in [3.05, 3.63) is 59.2 Å². The van der Waals surface area contributed by atoms with Gasteiger partial charge in [-0.25, -0.2) is 4.79 Å². The van der Waals surface area contributed by atoms with Gasteiger partial charge in [0.2, 0.25) is 11.4 Å². The summed E-state index contributed by atoms with van der Waals surface area (Å²) < 4.78 is 36.3. The van der Waals surface area contributed by atoms with Crippen LogP contribution in [0.15, 0.2) is 42.5 Å². The van der Waals surface area contributed by atoms with E-state index in [1.54, 1.807) is 25.3 Å². The lowest BCUT2D eigenvalue weighted by Gasteiger charge is -2.51. The van der Waals surface area contributed by atoms with Crippen molar-refractivity contribution in [3.63, 3.8) is 0 Å². The normalized spacial score (nSPS) is 28.4. The first kappa shape index (κ1) is 34.5. The molecule has 0 amide bonds. The van der Waals surface area contributed by atoms with Crippen LogP contribution in [0.4, 0.5) is 0 Å². The van der Waals surface area contributed by atoms with Gasteiger partial charge < -0.3 is 69.7 Å². The summed E-state index contributed by atoms with van der Waals surface area (Å²) in [6, 6.07) is 11.3. The fourth-order valence-corrected chi connectivity index (χ4v) is 7.07. The predicted octanol–water partition coefficient (Wildman–Crippen LogP) is 0.629. The average molecular weight is 685 g/mol. The van der Waals surface area contributed by atoms with E-state index in [0.29, 0.717) is 46.2 Å². The second-order valence-corrected chi connectivity index (χ2v) is 12.2.